The molecule has 0 unspecified atom stereocenters. The van der Waals surface area contributed by atoms with Crippen LogP contribution >= 0.6 is 0 Å². The molecule has 1 N–H and O–H groups in total. The second kappa shape index (κ2) is 7.00. The maximum Gasteiger partial charge on any atom is 0.131 e. The van der Waals surface area contributed by atoms with Crippen LogP contribution in [0.1, 0.15) is 35.1 Å². The third-order valence-corrected chi connectivity index (χ3v) is 3.54. The first-order valence-corrected chi connectivity index (χ1v) is 7.78. The normalized spacial score (nSPS) is 11.2. The Hall–Kier alpha value is -3.08. The first-order chi connectivity index (χ1) is 11.7. The fourth-order valence-corrected chi connectivity index (χ4v) is 2.37. The molecule has 0 saturated carbocycles. The van der Waals surface area contributed by atoms with Gasteiger partial charge in [-0.1, -0.05) is 37.3 Å². The standard InChI is InChI=1S/C19H18N2O3/c1-2-12-24-14-9-6-13(7-10-14)8-11-17-20-16-5-3-4-15(19(22)23)18(16)21-17/h3-11H,2,12H2,1H3,(H,20,21)(H,22,23)/p-1/b11-8+. The summed E-state index contributed by atoms with van der Waals surface area (Å²) in [6, 6.07) is 12.7. The largest absolute Gasteiger partial charge is 0.545 e. The average molecular weight is 321 g/mol. The van der Waals surface area contributed by atoms with Crippen LogP contribution in [0.25, 0.3) is 23.2 Å². The number of nitrogens with one attached hydrogen (secondary N) is 1. The molecule has 0 aliphatic rings. The molecule has 0 amide bonds. The van der Waals surface area contributed by atoms with Crippen LogP contribution in [-0.2, 0) is 0 Å². The molecule has 122 valence electrons. The van der Waals surface area contributed by atoms with Gasteiger partial charge in [-0.05, 0) is 36.3 Å². The van der Waals surface area contributed by atoms with E-state index in [4.69, 9.17) is 4.74 Å². The summed E-state index contributed by atoms with van der Waals surface area (Å²) in [6.45, 7) is 2.77. The van der Waals surface area contributed by atoms with Crippen molar-refractivity contribution in [2.45, 2.75) is 13.3 Å². The SMILES string of the molecule is CCCOc1ccc(/C=C/c2nc3c(C(=O)[O-])cccc3[nH]2)cc1. The van der Waals surface area contributed by atoms with Gasteiger partial charge in [0.1, 0.15) is 11.6 Å². The fraction of sp³-hybridized carbons (Fsp3) is 0.158. The Labute approximate surface area is 139 Å². The second-order valence-electron chi connectivity index (χ2n) is 5.36. The van der Waals surface area contributed by atoms with E-state index in [0.717, 1.165) is 17.7 Å². The summed E-state index contributed by atoms with van der Waals surface area (Å²) in [5.41, 5.74) is 2.15. The summed E-state index contributed by atoms with van der Waals surface area (Å²) < 4.78 is 5.54. The van der Waals surface area contributed by atoms with E-state index in [1.807, 2.05) is 30.3 Å². The highest BCUT2D eigenvalue weighted by Crippen LogP contribution is 2.18. The molecular weight excluding hydrogens is 304 g/mol. The molecule has 5 heteroatoms. The molecule has 5 nitrogen and oxygen atoms in total. The number of aromatic carboxylic acids is 1. The zero-order valence-electron chi connectivity index (χ0n) is 13.3. The van der Waals surface area contributed by atoms with Gasteiger partial charge in [0.15, 0.2) is 0 Å². The first kappa shape index (κ1) is 15.8. The number of ether oxygens (including phenoxy) is 1. The van der Waals surface area contributed by atoms with E-state index in [1.54, 1.807) is 18.2 Å². The van der Waals surface area contributed by atoms with Crippen LogP contribution in [0.15, 0.2) is 42.5 Å². The van der Waals surface area contributed by atoms with Gasteiger partial charge >= 0.3 is 0 Å². The van der Waals surface area contributed by atoms with Crippen LogP contribution < -0.4 is 9.84 Å². The fourth-order valence-electron chi connectivity index (χ4n) is 2.37. The smallest absolute Gasteiger partial charge is 0.131 e. The maximum absolute atomic E-state index is 11.1. The van der Waals surface area contributed by atoms with Crippen LogP contribution in [0.2, 0.25) is 0 Å². The van der Waals surface area contributed by atoms with Crippen molar-refractivity contribution in [2.24, 2.45) is 0 Å². The number of aromatic amines is 1. The predicted molar refractivity (Wildman–Crippen MR) is 91.6 cm³/mol. The Morgan fingerprint density at radius 3 is 2.71 bits per heavy atom. The van der Waals surface area contributed by atoms with E-state index in [2.05, 4.69) is 16.9 Å². The Morgan fingerprint density at radius 2 is 2.00 bits per heavy atom. The molecule has 0 spiro atoms. The van der Waals surface area contributed by atoms with E-state index >= 15 is 0 Å². The van der Waals surface area contributed by atoms with Gasteiger partial charge in [0.2, 0.25) is 0 Å². The monoisotopic (exact) mass is 321 g/mol. The molecule has 3 aromatic rings. The summed E-state index contributed by atoms with van der Waals surface area (Å²) >= 11 is 0. The number of H-pyrrole nitrogens is 1. The first-order valence-electron chi connectivity index (χ1n) is 7.78. The number of aromatic nitrogens is 2. The molecule has 0 radical (unpaired) electrons. The van der Waals surface area contributed by atoms with E-state index in [9.17, 15) is 9.90 Å². The molecule has 0 aliphatic heterocycles. The Bertz CT molecular complexity index is 879. The van der Waals surface area contributed by atoms with Crippen molar-refractivity contribution in [3.05, 3.63) is 59.4 Å². The highest BCUT2D eigenvalue weighted by Gasteiger charge is 2.06. The number of carboxylic acids is 1. The third kappa shape index (κ3) is 3.46. The van der Waals surface area contributed by atoms with Gasteiger partial charge in [0.25, 0.3) is 0 Å². The van der Waals surface area contributed by atoms with Gasteiger partial charge < -0.3 is 19.6 Å². The highest BCUT2D eigenvalue weighted by molar-refractivity contribution is 6.00. The van der Waals surface area contributed by atoms with E-state index in [1.165, 1.54) is 6.07 Å². The van der Waals surface area contributed by atoms with Crippen molar-refractivity contribution >= 4 is 29.2 Å². The van der Waals surface area contributed by atoms with E-state index in [0.29, 0.717) is 23.5 Å². The van der Waals surface area contributed by atoms with Crippen LogP contribution in [0.4, 0.5) is 0 Å². The van der Waals surface area contributed by atoms with Gasteiger partial charge in [0.05, 0.1) is 23.6 Å². The summed E-state index contributed by atoms with van der Waals surface area (Å²) in [4.78, 5) is 18.5. The number of nitrogens with zero attached hydrogens (tertiary/aromatic N) is 1. The summed E-state index contributed by atoms with van der Waals surface area (Å²) in [7, 11) is 0. The second-order valence-corrected chi connectivity index (χ2v) is 5.36. The Balaban J connectivity index is 1.80. The molecule has 0 aliphatic carbocycles. The Morgan fingerprint density at radius 1 is 1.21 bits per heavy atom. The minimum atomic E-state index is -1.23. The van der Waals surface area contributed by atoms with Crippen molar-refractivity contribution in [1.29, 1.82) is 0 Å². The van der Waals surface area contributed by atoms with Crippen molar-refractivity contribution in [3.8, 4) is 5.75 Å². The number of para-hydroxylation sites is 1. The number of carbonyl (C=O) groups is 1. The van der Waals surface area contributed by atoms with Gasteiger partial charge in [0, 0.05) is 5.56 Å². The summed E-state index contributed by atoms with van der Waals surface area (Å²) in [6.07, 6.45) is 4.68. The molecule has 3 rings (SSSR count). The van der Waals surface area contributed by atoms with Crippen LogP contribution in [0.3, 0.4) is 0 Å². The molecule has 0 atom stereocenters. The lowest BCUT2D eigenvalue weighted by atomic mass is 10.2. The number of rotatable bonds is 6. The average Bonchev–Trinajstić information content (AvgIpc) is 3.01. The lowest BCUT2D eigenvalue weighted by Crippen LogP contribution is -2.22. The molecule has 24 heavy (non-hydrogen) atoms. The quantitative estimate of drug-likeness (QED) is 0.757. The third-order valence-electron chi connectivity index (χ3n) is 3.54. The zero-order chi connectivity index (χ0) is 16.9. The number of hydrogen-bond donors (Lipinski definition) is 1. The minimum Gasteiger partial charge on any atom is -0.545 e. The lowest BCUT2D eigenvalue weighted by molar-refractivity contribution is -0.254. The molecule has 0 bridgehead atoms. The maximum atomic E-state index is 11.1. The molecule has 1 heterocycles. The number of fused-ring (bicyclic) bond motifs is 1. The topological polar surface area (TPSA) is 78.0 Å². The Kier molecular flexibility index (Phi) is 4.61. The highest BCUT2D eigenvalue weighted by atomic mass is 16.5. The van der Waals surface area contributed by atoms with Gasteiger partial charge in [-0.25, -0.2) is 4.98 Å². The van der Waals surface area contributed by atoms with Gasteiger partial charge in [-0.15, -0.1) is 0 Å². The molecule has 2 aromatic carbocycles. The molecular formula is C19H17N2O3-. The van der Waals surface area contributed by atoms with Crippen molar-refractivity contribution in [2.75, 3.05) is 6.61 Å². The number of carboxylic acid groups (broad SMARTS) is 1. The van der Waals surface area contributed by atoms with Crippen molar-refractivity contribution in [3.63, 3.8) is 0 Å². The number of carbonyl (C=O) groups excluding carboxylic acids is 1. The van der Waals surface area contributed by atoms with Gasteiger partial charge in [-0.3, -0.25) is 0 Å². The molecule has 0 fully saturated rings. The van der Waals surface area contributed by atoms with Crippen molar-refractivity contribution < 1.29 is 14.6 Å². The molecule has 0 saturated heterocycles. The number of imidazole rings is 1. The lowest BCUT2D eigenvalue weighted by Gasteiger charge is -2.03. The zero-order valence-corrected chi connectivity index (χ0v) is 13.3. The number of benzene rings is 2. The predicted octanol–water partition coefficient (Wildman–Crippen LogP) is 2.89. The van der Waals surface area contributed by atoms with E-state index < -0.39 is 5.97 Å². The van der Waals surface area contributed by atoms with E-state index in [-0.39, 0.29) is 5.56 Å². The minimum absolute atomic E-state index is 0.0841. The molecule has 1 aromatic heterocycles. The summed E-state index contributed by atoms with van der Waals surface area (Å²) in [5.74, 6) is 0.201. The van der Waals surface area contributed by atoms with Crippen molar-refractivity contribution in [1.82, 2.24) is 9.97 Å². The van der Waals surface area contributed by atoms with Gasteiger partial charge in [-0.2, -0.15) is 0 Å². The summed E-state index contributed by atoms with van der Waals surface area (Å²) in [5, 5.41) is 11.1. The van der Waals surface area contributed by atoms with Crippen LogP contribution in [-0.4, -0.2) is 22.5 Å². The number of hydrogen-bond acceptors (Lipinski definition) is 4. The van der Waals surface area contributed by atoms with Crippen LogP contribution in [0, 0.1) is 0 Å². The van der Waals surface area contributed by atoms with Crippen LogP contribution in [0.5, 0.6) is 5.75 Å².